The molecule has 2 aromatic carbocycles. The molecule has 5 heteroatoms. The van der Waals surface area contributed by atoms with Crippen LogP contribution >= 0.6 is 0 Å². The minimum absolute atomic E-state index is 0.294. The summed E-state index contributed by atoms with van der Waals surface area (Å²) in [5, 5.41) is 5.22. The summed E-state index contributed by atoms with van der Waals surface area (Å²) in [4.78, 5) is 12.1. The topological polar surface area (TPSA) is 55.6 Å². The van der Waals surface area contributed by atoms with E-state index in [1.807, 2.05) is 62.5 Å². The van der Waals surface area contributed by atoms with Crippen molar-refractivity contribution in [2.75, 3.05) is 0 Å². The molecule has 0 aliphatic rings. The summed E-state index contributed by atoms with van der Waals surface area (Å²) in [6.07, 6.45) is 1.05. The Kier molecular flexibility index (Phi) is 4.84. The van der Waals surface area contributed by atoms with Gasteiger partial charge in [0.15, 0.2) is 6.10 Å². The zero-order valence-electron chi connectivity index (χ0n) is 14.6. The molecule has 3 rings (SSSR count). The number of hydrogen-bond acceptors (Lipinski definition) is 3. The van der Waals surface area contributed by atoms with Crippen molar-refractivity contribution in [3.63, 3.8) is 0 Å². The van der Waals surface area contributed by atoms with Crippen LogP contribution in [0.25, 0.3) is 10.9 Å². The van der Waals surface area contributed by atoms with Gasteiger partial charge in [-0.2, -0.15) is 5.10 Å². The second kappa shape index (κ2) is 7.21. The van der Waals surface area contributed by atoms with Gasteiger partial charge in [-0.25, -0.2) is 5.43 Å². The molecule has 1 unspecified atom stereocenters. The number of carbonyl (C=O) groups excluding carboxylic acids is 1. The molecule has 5 nitrogen and oxygen atoms in total. The SMILES string of the molecule is Cc1c(C=NNC(=O)C(C)Oc2ccccc2)c2ccccc2n1C. The molecule has 128 valence electrons. The van der Waals surface area contributed by atoms with Crippen LogP contribution in [-0.4, -0.2) is 22.8 Å². The lowest BCUT2D eigenvalue weighted by Crippen LogP contribution is -2.33. The number of hydrazone groups is 1. The fraction of sp³-hybridized carbons (Fsp3) is 0.200. The molecule has 0 saturated heterocycles. The summed E-state index contributed by atoms with van der Waals surface area (Å²) in [5.41, 5.74) is 5.77. The van der Waals surface area contributed by atoms with E-state index in [9.17, 15) is 4.79 Å². The number of ether oxygens (including phenoxy) is 1. The number of aromatic nitrogens is 1. The number of amides is 1. The van der Waals surface area contributed by atoms with Gasteiger partial charge in [0.1, 0.15) is 5.75 Å². The van der Waals surface area contributed by atoms with E-state index in [1.165, 1.54) is 0 Å². The largest absolute Gasteiger partial charge is 0.481 e. The average Bonchev–Trinajstić information content (AvgIpc) is 2.87. The first-order valence-electron chi connectivity index (χ1n) is 8.16. The molecule has 1 atom stereocenters. The summed E-state index contributed by atoms with van der Waals surface area (Å²) in [6, 6.07) is 17.4. The predicted octanol–water partition coefficient (Wildman–Crippen LogP) is 3.40. The number of carbonyl (C=O) groups is 1. The molecule has 1 heterocycles. The van der Waals surface area contributed by atoms with E-state index in [2.05, 4.69) is 21.2 Å². The number of nitrogens with one attached hydrogen (secondary N) is 1. The van der Waals surface area contributed by atoms with Crippen molar-refractivity contribution >= 4 is 23.0 Å². The van der Waals surface area contributed by atoms with Crippen LogP contribution in [0.2, 0.25) is 0 Å². The molecule has 1 amide bonds. The monoisotopic (exact) mass is 335 g/mol. The standard InChI is InChI=1S/C20H21N3O2/c1-14-18(17-11-7-8-12-19(17)23(14)3)13-21-22-20(24)15(2)25-16-9-5-4-6-10-16/h4-13,15H,1-3H3,(H,22,24). The van der Waals surface area contributed by atoms with Crippen LogP contribution in [0.3, 0.4) is 0 Å². The lowest BCUT2D eigenvalue weighted by Gasteiger charge is -2.12. The highest BCUT2D eigenvalue weighted by Gasteiger charge is 2.14. The van der Waals surface area contributed by atoms with Gasteiger partial charge in [-0.05, 0) is 32.0 Å². The number of fused-ring (bicyclic) bond motifs is 1. The third-order valence-electron chi connectivity index (χ3n) is 4.24. The summed E-state index contributed by atoms with van der Waals surface area (Å²) >= 11 is 0. The van der Waals surface area contributed by atoms with Gasteiger partial charge in [-0.1, -0.05) is 36.4 Å². The number of rotatable bonds is 5. The minimum atomic E-state index is -0.631. The third-order valence-corrected chi connectivity index (χ3v) is 4.24. The maximum atomic E-state index is 12.1. The van der Waals surface area contributed by atoms with E-state index in [4.69, 9.17) is 4.74 Å². The van der Waals surface area contributed by atoms with Crippen molar-refractivity contribution in [2.24, 2.45) is 12.1 Å². The van der Waals surface area contributed by atoms with Gasteiger partial charge >= 0.3 is 0 Å². The zero-order valence-corrected chi connectivity index (χ0v) is 14.6. The number of nitrogens with zero attached hydrogens (tertiary/aromatic N) is 2. The highest BCUT2D eigenvalue weighted by Crippen LogP contribution is 2.22. The van der Waals surface area contributed by atoms with E-state index >= 15 is 0 Å². The first kappa shape index (κ1) is 16.8. The molecule has 0 spiro atoms. The molecule has 0 radical (unpaired) electrons. The lowest BCUT2D eigenvalue weighted by atomic mass is 10.1. The van der Waals surface area contributed by atoms with Crippen molar-refractivity contribution < 1.29 is 9.53 Å². The molecule has 1 aromatic heterocycles. The Labute approximate surface area is 146 Å². The van der Waals surface area contributed by atoms with E-state index in [0.717, 1.165) is 22.2 Å². The molecule has 0 aliphatic heterocycles. The normalized spacial score (nSPS) is 12.4. The number of aryl methyl sites for hydroxylation is 1. The first-order chi connectivity index (χ1) is 12.1. The number of para-hydroxylation sites is 2. The van der Waals surface area contributed by atoms with Gasteiger partial charge in [-0.15, -0.1) is 0 Å². The summed E-state index contributed by atoms with van der Waals surface area (Å²) in [5.74, 6) is 0.358. The van der Waals surface area contributed by atoms with Crippen molar-refractivity contribution in [1.29, 1.82) is 0 Å². The maximum Gasteiger partial charge on any atom is 0.280 e. The molecule has 25 heavy (non-hydrogen) atoms. The Morgan fingerprint density at radius 2 is 1.84 bits per heavy atom. The molecular formula is C20H21N3O2. The molecule has 3 aromatic rings. The average molecular weight is 335 g/mol. The van der Waals surface area contributed by atoms with E-state index < -0.39 is 6.10 Å². The van der Waals surface area contributed by atoms with Gasteiger partial charge in [0.2, 0.25) is 0 Å². The Bertz CT molecular complexity index is 913. The Balaban J connectivity index is 1.69. The zero-order chi connectivity index (χ0) is 17.8. The number of hydrogen-bond donors (Lipinski definition) is 1. The molecule has 0 saturated carbocycles. The molecule has 1 N–H and O–H groups in total. The summed E-state index contributed by atoms with van der Waals surface area (Å²) in [7, 11) is 2.02. The first-order valence-corrected chi connectivity index (χ1v) is 8.16. The fourth-order valence-corrected chi connectivity index (χ4v) is 2.72. The minimum Gasteiger partial charge on any atom is -0.481 e. The van der Waals surface area contributed by atoms with Crippen LogP contribution < -0.4 is 10.2 Å². The molecule has 0 bridgehead atoms. The molecular weight excluding hydrogens is 314 g/mol. The maximum absolute atomic E-state index is 12.1. The van der Waals surface area contributed by atoms with Crippen LogP contribution in [0.5, 0.6) is 5.75 Å². The second-order valence-corrected chi connectivity index (χ2v) is 5.88. The van der Waals surface area contributed by atoms with Crippen molar-refractivity contribution in [3.8, 4) is 5.75 Å². The van der Waals surface area contributed by atoms with E-state index in [0.29, 0.717) is 5.75 Å². The van der Waals surface area contributed by atoms with Crippen LogP contribution in [0, 0.1) is 6.92 Å². The Morgan fingerprint density at radius 3 is 2.60 bits per heavy atom. The van der Waals surface area contributed by atoms with Gasteiger partial charge < -0.3 is 9.30 Å². The van der Waals surface area contributed by atoms with Crippen molar-refractivity contribution in [3.05, 3.63) is 65.9 Å². The van der Waals surface area contributed by atoms with Crippen LogP contribution in [0.1, 0.15) is 18.2 Å². The van der Waals surface area contributed by atoms with Crippen LogP contribution in [-0.2, 0) is 11.8 Å². The fourth-order valence-electron chi connectivity index (χ4n) is 2.72. The molecule has 0 aliphatic carbocycles. The van der Waals surface area contributed by atoms with Gasteiger partial charge in [0.25, 0.3) is 5.91 Å². The van der Waals surface area contributed by atoms with Crippen molar-refractivity contribution in [1.82, 2.24) is 9.99 Å². The quantitative estimate of drug-likeness (QED) is 0.574. The Hall–Kier alpha value is -3.08. The summed E-state index contributed by atoms with van der Waals surface area (Å²) < 4.78 is 7.70. The van der Waals surface area contributed by atoms with Gasteiger partial charge in [0.05, 0.1) is 6.21 Å². The Morgan fingerprint density at radius 1 is 1.16 bits per heavy atom. The van der Waals surface area contributed by atoms with Crippen LogP contribution in [0.4, 0.5) is 0 Å². The van der Waals surface area contributed by atoms with Gasteiger partial charge in [0, 0.05) is 29.2 Å². The second-order valence-electron chi connectivity index (χ2n) is 5.88. The smallest absolute Gasteiger partial charge is 0.280 e. The number of benzene rings is 2. The highest BCUT2D eigenvalue weighted by molar-refractivity contribution is 6.01. The lowest BCUT2D eigenvalue weighted by molar-refractivity contribution is -0.127. The van der Waals surface area contributed by atoms with E-state index in [-0.39, 0.29) is 5.91 Å². The predicted molar refractivity (Wildman–Crippen MR) is 99.9 cm³/mol. The van der Waals surface area contributed by atoms with Gasteiger partial charge in [-0.3, -0.25) is 4.79 Å². The van der Waals surface area contributed by atoms with E-state index in [1.54, 1.807) is 13.1 Å². The third kappa shape index (κ3) is 3.55. The van der Waals surface area contributed by atoms with Crippen LogP contribution in [0.15, 0.2) is 59.7 Å². The molecule has 0 fully saturated rings. The summed E-state index contributed by atoms with van der Waals surface area (Å²) in [6.45, 7) is 3.73. The highest BCUT2D eigenvalue weighted by atomic mass is 16.5. The van der Waals surface area contributed by atoms with Crippen molar-refractivity contribution in [2.45, 2.75) is 20.0 Å².